The quantitative estimate of drug-likeness (QED) is 0.373. The van der Waals surface area contributed by atoms with Gasteiger partial charge >= 0.3 is 0 Å². The Kier molecular flexibility index (Phi) is 3.18. The highest BCUT2D eigenvalue weighted by Crippen LogP contribution is 1.85. The highest BCUT2D eigenvalue weighted by molar-refractivity contribution is 5.75. The molecular weight excluding hydrogens is 78.8 g/mol. The summed E-state index contributed by atoms with van der Waals surface area (Å²) >= 11 is 0. The first kappa shape index (κ1) is 5.98. The molecule has 1 saturated heterocycles. The molecule has 1 aliphatic heterocycles. The molecule has 2 nitrogen and oxygen atoms in total. The molecule has 1 aliphatic rings. The molecule has 0 aliphatic carbocycles. The van der Waals surface area contributed by atoms with Gasteiger partial charge in [0, 0.05) is 8.41 Å². The van der Waals surface area contributed by atoms with Crippen LogP contribution in [0.1, 0.15) is 0 Å². The van der Waals surface area contributed by atoms with Crippen LogP contribution in [-0.4, -0.2) is 28.4 Å². The van der Waals surface area contributed by atoms with Gasteiger partial charge in [-0.2, -0.15) is 0 Å². The van der Waals surface area contributed by atoms with Crippen molar-refractivity contribution in [1.29, 1.82) is 0 Å². The summed E-state index contributed by atoms with van der Waals surface area (Å²) in [5.41, 5.74) is 0. The van der Waals surface area contributed by atoms with Crippen molar-refractivity contribution in [3.8, 4) is 0 Å². The third kappa shape index (κ3) is 1.43. The van der Waals surface area contributed by atoms with E-state index in [4.69, 9.17) is 9.47 Å². The zero-order valence-corrected chi connectivity index (χ0v) is 3.52. The average molecular weight is 84.9 g/mol. The van der Waals surface area contributed by atoms with Crippen molar-refractivity contribution in [1.82, 2.24) is 0 Å². The summed E-state index contributed by atoms with van der Waals surface area (Å²) < 4.78 is 9.44. The van der Waals surface area contributed by atoms with Crippen LogP contribution in [-0.2, 0) is 9.47 Å². The average Bonchev–Trinajstić information content (AvgIpc) is 1.76. The lowest BCUT2D eigenvalue weighted by atomic mass is 10.8. The number of hydrogen-bond acceptors (Lipinski definition) is 2. The molecule has 1 fully saturated rings. The Hall–Kier alpha value is -0.0151. The van der Waals surface area contributed by atoms with Crippen LogP contribution in [0.5, 0.6) is 0 Å². The summed E-state index contributed by atoms with van der Waals surface area (Å²) in [6.07, 6.45) is 0. The molecule has 0 saturated carbocycles. The van der Waals surface area contributed by atoms with Gasteiger partial charge in [0.1, 0.15) is 6.79 Å². The van der Waals surface area contributed by atoms with Crippen molar-refractivity contribution in [3.63, 3.8) is 0 Å². The monoisotopic (exact) mass is 85.0 g/mol. The Morgan fingerprint density at radius 1 is 1.00 bits per heavy atom. The molecule has 3 radical (unpaired) electrons. The third-order valence-corrected chi connectivity index (χ3v) is 0.539. The highest BCUT2D eigenvalue weighted by atomic mass is 16.7. The van der Waals surface area contributed by atoms with Crippen LogP contribution in [0.3, 0.4) is 0 Å². The molecule has 3 heteroatoms. The van der Waals surface area contributed by atoms with E-state index in [1.807, 2.05) is 0 Å². The van der Waals surface area contributed by atoms with Gasteiger partial charge in [-0.1, -0.05) is 0 Å². The van der Waals surface area contributed by atoms with Crippen molar-refractivity contribution in [2.75, 3.05) is 20.0 Å². The van der Waals surface area contributed by atoms with E-state index in [-0.39, 0.29) is 8.41 Å². The topological polar surface area (TPSA) is 18.5 Å². The van der Waals surface area contributed by atoms with E-state index in [0.29, 0.717) is 6.79 Å². The lowest BCUT2D eigenvalue weighted by molar-refractivity contribution is 0.0692. The zero-order valence-electron chi connectivity index (χ0n) is 3.52. The van der Waals surface area contributed by atoms with Gasteiger partial charge in [0.25, 0.3) is 0 Å². The lowest BCUT2D eigenvalue weighted by Gasteiger charge is -1.76. The molecule has 0 bridgehead atoms. The largest absolute Gasteiger partial charge is 0.353 e. The van der Waals surface area contributed by atoms with E-state index >= 15 is 0 Å². The Morgan fingerprint density at radius 2 is 1.50 bits per heavy atom. The molecule has 1 heterocycles. The van der Waals surface area contributed by atoms with E-state index in [1.165, 1.54) is 0 Å². The van der Waals surface area contributed by atoms with Crippen LogP contribution in [0.4, 0.5) is 0 Å². The summed E-state index contributed by atoms with van der Waals surface area (Å²) in [6.45, 7) is 2.06. The van der Waals surface area contributed by atoms with Crippen LogP contribution in [0.2, 0.25) is 0 Å². The Balaban J connectivity index is 0.000000250. The van der Waals surface area contributed by atoms with Crippen LogP contribution in [0, 0.1) is 0 Å². The van der Waals surface area contributed by atoms with Crippen molar-refractivity contribution in [3.05, 3.63) is 0 Å². The van der Waals surface area contributed by atoms with Gasteiger partial charge in [-0.15, -0.1) is 0 Å². The SMILES string of the molecule is C1COCO1.[B]. The third-order valence-electron chi connectivity index (χ3n) is 0.539. The summed E-state index contributed by atoms with van der Waals surface area (Å²) in [4.78, 5) is 0. The second kappa shape index (κ2) is 3.19. The summed E-state index contributed by atoms with van der Waals surface area (Å²) in [5.74, 6) is 0. The van der Waals surface area contributed by atoms with Crippen molar-refractivity contribution < 1.29 is 9.47 Å². The van der Waals surface area contributed by atoms with Gasteiger partial charge in [0.2, 0.25) is 0 Å². The van der Waals surface area contributed by atoms with E-state index in [1.54, 1.807) is 0 Å². The van der Waals surface area contributed by atoms with Crippen LogP contribution in [0.15, 0.2) is 0 Å². The molecule has 0 N–H and O–H groups in total. The fourth-order valence-corrected chi connectivity index (χ4v) is 0.295. The van der Waals surface area contributed by atoms with E-state index in [2.05, 4.69) is 0 Å². The minimum atomic E-state index is 0. The molecule has 0 unspecified atom stereocenters. The fraction of sp³-hybridized carbons (Fsp3) is 1.00. The number of rotatable bonds is 0. The van der Waals surface area contributed by atoms with Crippen molar-refractivity contribution in [2.45, 2.75) is 0 Å². The van der Waals surface area contributed by atoms with E-state index < -0.39 is 0 Å². The lowest BCUT2D eigenvalue weighted by Crippen LogP contribution is -1.79. The van der Waals surface area contributed by atoms with Crippen LogP contribution < -0.4 is 0 Å². The van der Waals surface area contributed by atoms with E-state index in [9.17, 15) is 0 Å². The number of hydrogen-bond donors (Lipinski definition) is 0. The molecule has 6 heavy (non-hydrogen) atoms. The summed E-state index contributed by atoms with van der Waals surface area (Å²) in [7, 11) is 0. The fourth-order valence-electron chi connectivity index (χ4n) is 0.295. The molecule has 33 valence electrons. The molecule has 1 rings (SSSR count). The van der Waals surface area contributed by atoms with Crippen LogP contribution in [0.25, 0.3) is 0 Å². The first-order valence-electron chi connectivity index (χ1n) is 1.65. The predicted octanol–water partition coefficient (Wildman–Crippen LogP) is -0.390. The standard InChI is InChI=1S/C3H6O2.B/c1-2-5-3-4-1;/h1-3H2;. The van der Waals surface area contributed by atoms with Gasteiger partial charge in [0.15, 0.2) is 0 Å². The minimum Gasteiger partial charge on any atom is -0.353 e. The highest BCUT2D eigenvalue weighted by Gasteiger charge is 1.93. The Bertz CT molecular complexity index is 20.4. The second-order valence-corrected chi connectivity index (χ2v) is 0.934. The maximum atomic E-state index is 4.72. The summed E-state index contributed by atoms with van der Waals surface area (Å²) in [5, 5.41) is 0. The van der Waals surface area contributed by atoms with E-state index in [0.717, 1.165) is 13.2 Å². The normalized spacial score (nSPS) is 20.0. The zero-order chi connectivity index (χ0) is 3.54. The first-order valence-corrected chi connectivity index (χ1v) is 1.65. The molecule has 0 aromatic rings. The van der Waals surface area contributed by atoms with Gasteiger partial charge in [-0.05, 0) is 0 Å². The molecule has 0 aromatic carbocycles. The van der Waals surface area contributed by atoms with Crippen molar-refractivity contribution in [2.24, 2.45) is 0 Å². The first-order chi connectivity index (χ1) is 2.50. The predicted molar refractivity (Wildman–Crippen MR) is 22.5 cm³/mol. The molecule has 0 aromatic heterocycles. The smallest absolute Gasteiger partial charge is 0.146 e. The maximum absolute atomic E-state index is 4.72. The Morgan fingerprint density at radius 3 is 1.67 bits per heavy atom. The van der Waals surface area contributed by atoms with Crippen LogP contribution >= 0.6 is 0 Å². The van der Waals surface area contributed by atoms with Crippen molar-refractivity contribution >= 4 is 8.41 Å². The molecule has 0 atom stereocenters. The Labute approximate surface area is 39.0 Å². The van der Waals surface area contributed by atoms with Gasteiger partial charge in [0.05, 0.1) is 13.2 Å². The summed E-state index contributed by atoms with van der Waals surface area (Å²) in [6, 6.07) is 0. The molecule has 0 amide bonds. The maximum Gasteiger partial charge on any atom is 0.146 e. The number of ether oxygens (including phenoxy) is 2. The molecule has 0 spiro atoms. The second-order valence-electron chi connectivity index (χ2n) is 0.934. The minimum absolute atomic E-state index is 0. The molecular formula is C3H6BO2. The van der Waals surface area contributed by atoms with Gasteiger partial charge < -0.3 is 9.47 Å². The van der Waals surface area contributed by atoms with Gasteiger partial charge in [-0.3, -0.25) is 0 Å². The van der Waals surface area contributed by atoms with Gasteiger partial charge in [-0.25, -0.2) is 0 Å².